The zero-order valence-corrected chi connectivity index (χ0v) is 17.7. The molecule has 0 bridgehead atoms. The number of amides is 4. The van der Waals surface area contributed by atoms with Gasteiger partial charge in [0.1, 0.15) is 18.6 Å². The van der Waals surface area contributed by atoms with Crippen molar-refractivity contribution in [2.75, 3.05) is 19.7 Å². The number of nitrogens with zero attached hydrogens (tertiary/aromatic N) is 2. The highest BCUT2D eigenvalue weighted by molar-refractivity contribution is 6.09. The van der Waals surface area contributed by atoms with Crippen LogP contribution in [-0.2, 0) is 19.1 Å². The lowest BCUT2D eigenvalue weighted by molar-refractivity contribution is -0.171. The Morgan fingerprint density at radius 1 is 1.26 bits per heavy atom. The van der Waals surface area contributed by atoms with Gasteiger partial charge < -0.3 is 15.0 Å². The zero-order chi connectivity index (χ0) is 23.0. The summed E-state index contributed by atoms with van der Waals surface area (Å²) in [6.07, 6.45) is -0.111. The van der Waals surface area contributed by atoms with Crippen LogP contribution in [0.15, 0.2) is 0 Å². The summed E-state index contributed by atoms with van der Waals surface area (Å²) >= 11 is 0. The van der Waals surface area contributed by atoms with Gasteiger partial charge >= 0.3 is 18.2 Å². The van der Waals surface area contributed by atoms with Crippen LogP contribution in [0.4, 0.5) is 18.0 Å². The molecule has 0 unspecified atom stereocenters. The van der Waals surface area contributed by atoms with Crippen LogP contribution in [0.5, 0.6) is 0 Å². The number of imide groups is 1. The smallest absolute Gasteiger partial charge is 0.406 e. The summed E-state index contributed by atoms with van der Waals surface area (Å²) in [6.45, 7) is 0.421. The molecule has 31 heavy (non-hydrogen) atoms. The van der Waals surface area contributed by atoms with E-state index in [9.17, 15) is 32.3 Å². The quantitative estimate of drug-likeness (QED) is 0.477. The van der Waals surface area contributed by atoms with Crippen LogP contribution in [0.25, 0.3) is 0 Å². The molecule has 0 aromatic heterocycles. The predicted octanol–water partition coefficient (Wildman–Crippen LogP) is 2.22. The maximum absolute atomic E-state index is 12.9. The second-order valence-electron chi connectivity index (χ2n) is 8.82. The number of hydrogen-bond donors (Lipinski definition) is 1. The third kappa shape index (κ3) is 5.12. The van der Waals surface area contributed by atoms with Crippen LogP contribution in [0, 0.1) is 11.8 Å². The molecule has 1 spiro atoms. The van der Waals surface area contributed by atoms with E-state index in [1.165, 1.54) is 0 Å². The van der Waals surface area contributed by atoms with Gasteiger partial charge in [0.25, 0.3) is 11.8 Å². The molecule has 4 amide bonds. The number of nitrogens with one attached hydrogen (secondary N) is 1. The monoisotopic (exact) mass is 447 g/mol. The molecular formula is C20H28F3N3O5. The Morgan fingerprint density at radius 2 is 1.94 bits per heavy atom. The van der Waals surface area contributed by atoms with Gasteiger partial charge in [-0.3, -0.25) is 19.3 Å². The first-order chi connectivity index (χ1) is 14.4. The van der Waals surface area contributed by atoms with Gasteiger partial charge in [0.05, 0.1) is 0 Å². The standard InChI is InChI=1S/C20H28F3N3O5/c1-12-5-3-4-8-19(12)17(29)25(18(30)24-19)9-16(28)31-10-15(27)26(11-20(21,22)23)13(2)14-6-7-14/h12-14H,3-11H2,1-2H3,(H,24,30)/t12-,13+,19+/m1/s1. The van der Waals surface area contributed by atoms with Crippen molar-refractivity contribution in [2.24, 2.45) is 11.8 Å². The SMILES string of the molecule is C[C@@H]1CCCC[C@]12NC(=O)N(CC(=O)OCC(=O)N(CC(F)(F)F)[C@@H](C)C1CC1)C2=O. The van der Waals surface area contributed by atoms with E-state index in [1.54, 1.807) is 6.92 Å². The molecule has 1 aliphatic heterocycles. The number of ether oxygens (including phenoxy) is 1. The van der Waals surface area contributed by atoms with Gasteiger partial charge in [-0.05, 0) is 44.4 Å². The van der Waals surface area contributed by atoms with Crippen LogP contribution in [0.1, 0.15) is 52.4 Å². The average molecular weight is 447 g/mol. The van der Waals surface area contributed by atoms with Gasteiger partial charge in [0.15, 0.2) is 6.61 Å². The Morgan fingerprint density at radius 3 is 2.52 bits per heavy atom. The van der Waals surface area contributed by atoms with E-state index in [4.69, 9.17) is 4.74 Å². The summed E-state index contributed by atoms with van der Waals surface area (Å²) in [6, 6.07) is -1.32. The lowest BCUT2D eigenvalue weighted by atomic mass is 9.73. The summed E-state index contributed by atoms with van der Waals surface area (Å²) in [5, 5.41) is 2.70. The molecule has 11 heteroatoms. The fourth-order valence-electron chi connectivity index (χ4n) is 4.52. The van der Waals surface area contributed by atoms with Gasteiger partial charge in [-0.25, -0.2) is 4.79 Å². The summed E-state index contributed by atoms with van der Waals surface area (Å²) in [5.74, 6) is -2.57. The predicted molar refractivity (Wildman–Crippen MR) is 102 cm³/mol. The van der Waals surface area contributed by atoms with Crippen molar-refractivity contribution in [1.29, 1.82) is 0 Å². The normalized spacial score (nSPS) is 27.3. The average Bonchev–Trinajstić information content (AvgIpc) is 3.50. The molecule has 1 heterocycles. The Bertz CT molecular complexity index is 755. The minimum absolute atomic E-state index is 0.00147. The summed E-state index contributed by atoms with van der Waals surface area (Å²) in [7, 11) is 0. The molecule has 0 aromatic rings. The van der Waals surface area contributed by atoms with Gasteiger partial charge in [-0.2, -0.15) is 13.2 Å². The molecule has 2 saturated carbocycles. The number of carbonyl (C=O) groups excluding carboxylic acids is 4. The van der Waals surface area contributed by atoms with Crippen molar-refractivity contribution in [2.45, 2.75) is 70.1 Å². The van der Waals surface area contributed by atoms with E-state index in [0.717, 1.165) is 37.0 Å². The Hall–Kier alpha value is -2.33. The van der Waals surface area contributed by atoms with Crippen LogP contribution in [-0.4, -0.2) is 71.1 Å². The Kier molecular flexibility index (Phi) is 6.52. The molecule has 2 aliphatic carbocycles. The van der Waals surface area contributed by atoms with Gasteiger partial charge in [0.2, 0.25) is 0 Å². The van der Waals surface area contributed by atoms with Gasteiger partial charge in [0, 0.05) is 6.04 Å². The maximum atomic E-state index is 12.9. The largest absolute Gasteiger partial charge is 0.454 e. The van der Waals surface area contributed by atoms with E-state index in [1.807, 2.05) is 6.92 Å². The molecule has 3 fully saturated rings. The first-order valence-electron chi connectivity index (χ1n) is 10.6. The van der Waals surface area contributed by atoms with E-state index in [2.05, 4.69) is 5.32 Å². The minimum Gasteiger partial charge on any atom is -0.454 e. The number of hydrogen-bond acceptors (Lipinski definition) is 5. The summed E-state index contributed by atoms with van der Waals surface area (Å²) in [5.41, 5.74) is -1.03. The van der Waals surface area contributed by atoms with Crippen LogP contribution < -0.4 is 5.32 Å². The molecule has 3 atom stereocenters. The van der Waals surface area contributed by atoms with Crippen LogP contribution >= 0.6 is 0 Å². The molecule has 1 saturated heterocycles. The lowest BCUT2D eigenvalue weighted by Crippen LogP contribution is -2.54. The third-order valence-corrected chi connectivity index (χ3v) is 6.61. The van der Waals surface area contributed by atoms with Crippen molar-refractivity contribution < 1.29 is 37.1 Å². The number of esters is 1. The highest BCUT2D eigenvalue weighted by Crippen LogP contribution is 2.38. The third-order valence-electron chi connectivity index (χ3n) is 6.61. The van der Waals surface area contributed by atoms with Crippen LogP contribution in [0.3, 0.4) is 0 Å². The summed E-state index contributed by atoms with van der Waals surface area (Å²) < 4.78 is 43.5. The molecule has 1 N–H and O–H groups in total. The van der Waals surface area contributed by atoms with E-state index < -0.39 is 61.3 Å². The fraction of sp³-hybridized carbons (Fsp3) is 0.800. The highest BCUT2D eigenvalue weighted by atomic mass is 19.4. The van der Waals surface area contributed by atoms with Crippen molar-refractivity contribution in [1.82, 2.24) is 15.1 Å². The number of halogens is 3. The van der Waals surface area contributed by atoms with E-state index >= 15 is 0 Å². The number of rotatable bonds is 7. The van der Waals surface area contributed by atoms with Crippen LogP contribution in [0.2, 0.25) is 0 Å². The van der Waals surface area contributed by atoms with Crippen molar-refractivity contribution in [3.63, 3.8) is 0 Å². The minimum atomic E-state index is -4.58. The molecule has 8 nitrogen and oxygen atoms in total. The van der Waals surface area contributed by atoms with E-state index in [0.29, 0.717) is 11.3 Å². The van der Waals surface area contributed by atoms with Gasteiger partial charge in [-0.15, -0.1) is 0 Å². The molecular weight excluding hydrogens is 419 g/mol. The molecule has 0 aromatic carbocycles. The van der Waals surface area contributed by atoms with Crippen molar-refractivity contribution >= 4 is 23.8 Å². The molecule has 3 aliphatic rings. The molecule has 0 radical (unpaired) electrons. The Balaban J connectivity index is 1.57. The van der Waals surface area contributed by atoms with Gasteiger partial charge in [-0.1, -0.05) is 19.8 Å². The number of urea groups is 1. The molecule has 3 rings (SSSR count). The van der Waals surface area contributed by atoms with Crippen molar-refractivity contribution in [3.8, 4) is 0 Å². The van der Waals surface area contributed by atoms with Crippen molar-refractivity contribution in [3.05, 3.63) is 0 Å². The fourth-order valence-corrected chi connectivity index (χ4v) is 4.52. The second-order valence-corrected chi connectivity index (χ2v) is 8.82. The number of carbonyl (C=O) groups is 4. The highest BCUT2D eigenvalue weighted by Gasteiger charge is 2.55. The Labute approximate surface area is 178 Å². The van der Waals surface area contributed by atoms with E-state index in [-0.39, 0.29) is 11.8 Å². The zero-order valence-electron chi connectivity index (χ0n) is 17.7. The maximum Gasteiger partial charge on any atom is 0.406 e. The summed E-state index contributed by atoms with van der Waals surface area (Å²) in [4.78, 5) is 51.1. The topological polar surface area (TPSA) is 96.0 Å². The molecule has 174 valence electrons. The number of alkyl halides is 3. The lowest BCUT2D eigenvalue weighted by Gasteiger charge is -2.36. The first-order valence-corrected chi connectivity index (χ1v) is 10.6. The second kappa shape index (κ2) is 8.66. The first kappa shape index (κ1) is 23.3.